The van der Waals surface area contributed by atoms with Crippen LogP contribution < -0.4 is 20.7 Å². The van der Waals surface area contributed by atoms with Crippen LogP contribution in [0.4, 0.5) is 17.1 Å². The van der Waals surface area contributed by atoms with Gasteiger partial charge >= 0.3 is 0 Å². The third-order valence-corrected chi connectivity index (χ3v) is 6.20. The Morgan fingerprint density at radius 2 is 1.81 bits per heavy atom. The van der Waals surface area contributed by atoms with Crippen LogP contribution in [-0.2, 0) is 10.0 Å². The number of nitrogen functional groups attached to an aromatic ring is 1. The van der Waals surface area contributed by atoms with Crippen molar-refractivity contribution < 1.29 is 8.42 Å². The second kappa shape index (κ2) is 8.19. The summed E-state index contributed by atoms with van der Waals surface area (Å²) in [4.78, 5) is 2.37. The summed E-state index contributed by atoms with van der Waals surface area (Å²) in [6.45, 7) is 7.85. The van der Waals surface area contributed by atoms with Crippen LogP contribution in [0.15, 0.2) is 47.4 Å². The molecular formula is C20H28N4O2S. The number of sulfonamides is 1. The standard InChI is InChI=1S/C20H28N4O2S/c1-15(2)16-4-6-17(7-5-16)23-27(25,26)18-8-9-20(19(21)14-18)24-12-3-10-22-11-13-24/h4-9,14-15,22-23H,3,10-13,21H2,1-2H3. The molecule has 1 aliphatic heterocycles. The highest BCUT2D eigenvalue weighted by molar-refractivity contribution is 7.92. The van der Waals surface area contributed by atoms with E-state index in [0.29, 0.717) is 17.3 Å². The summed E-state index contributed by atoms with van der Waals surface area (Å²) < 4.78 is 28.1. The largest absolute Gasteiger partial charge is 0.397 e. The van der Waals surface area contributed by atoms with Crippen molar-refractivity contribution in [2.75, 3.05) is 41.5 Å². The van der Waals surface area contributed by atoms with Gasteiger partial charge in [-0.25, -0.2) is 8.42 Å². The summed E-state index contributed by atoms with van der Waals surface area (Å²) >= 11 is 0. The smallest absolute Gasteiger partial charge is 0.261 e. The molecular weight excluding hydrogens is 360 g/mol. The maximum atomic E-state index is 12.7. The molecule has 0 spiro atoms. The Balaban J connectivity index is 1.79. The van der Waals surface area contributed by atoms with E-state index in [4.69, 9.17) is 5.73 Å². The molecule has 4 N–H and O–H groups in total. The van der Waals surface area contributed by atoms with E-state index in [2.05, 4.69) is 28.8 Å². The van der Waals surface area contributed by atoms with Crippen LogP contribution in [0.3, 0.4) is 0 Å². The summed E-state index contributed by atoms with van der Waals surface area (Å²) in [5, 5.41) is 3.35. The molecule has 0 unspecified atom stereocenters. The van der Waals surface area contributed by atoms with Gasteiger partial charge < -0.3 is 16.0 Å². The molecule has 27 heavy (non-hydrogen) atoms. The van der Waals surface area contributed by atoms with E-state index < -0.39 is 10.0 Å². The molecule has 2 aromatic rings. The van der Waals surface area contributed by atoms with Gasteiger partial charge in [-0.2, -0.15) is 0 Å². The zero-order chi connectivity index (χ0) is 19.4. The molecule has 0 aliphatic carbocycles. The average molecular weight is 389 g/mol. The molecule has 6 nitrogen and oxygen atoms in total. The van der Waals surface area contributed by atoms with Crippen LogP contribution >= 0.6 is 0 Å². The van der Waals surface area contributed by atoms with Gasteiger partial charge in [0.15, 0.2) is 0 Å². The number of nitrogens with zero attached hydrogens (tertiary/aromatic N) is 1. The van der Waals surface area contributed by atoms with Crippen molar-refractivity contribution in [3.05, 3.63) is 48.0 Å². The Morgan fingerprint density at radius 3 is 2.48 bits per heavy atom. The minimum absolute atomic E-state index is 0.171. The minimum atomic E-state index is -3.68. The maximum absolute atomic E-state index is 12.7. The molecule has 0 radical (unpaired) electrons. The van der Waals surface area contributed by atoms with Gasteiger partial charge in [-0.15, -0.1) is 0 Å². The van der Waals surface area contributed by atoms with Crippen LogP contribution in [0.1, 0.15) is 31.7 Å². The van der Waals surface area contributed by atoms with Crippen molar-refractivity contribution in [2.45, 2.75) is 31.1 Å². The van der Waals surface area contributed by atoms with Gasteiger partial charge in [0.25, 0.3) is 10.0 Å². The molecule has 3 rings (SSSR count). The molecule has 0 aromatic heterocycles. The number of nitrogens with two attached hydrogens (primary N) is 1. The highest BCUT2D eigenvalue weighted by Crippen LogP contribution is 2.28. The molecule has 0 atom stereocenters. The number of rotatable bonds is 5. The third-order valence-electron chi connectivity index (χ3n) is 4.82. The second-order valence-corrected chi connectivity index (χ2v) is 8.88. The van der Waals surface area contributed by atoms with E-state index in [9.17, 15) is 8.42 Å². The Kier molecular flexibility index (Phi) is 5.92. The summed E-state index contributed by atoms with van der Waals surface area (Å²) in [6.07, 6.45) is 1.04. The lowest BCUT2D eigenvalue weighted by Crippen LogP contribution is -2.28. The molecule has 1 heterocycles. The molecule has 0 saturated carbocycles. The third kappa shape index (κ3) is 4.73. The van der Waals surface area contributed by atoms with Crippen molar-refractivity contribution in [3.8, 4) is 0 Å². The monoisotopic (exact) mass is 388 g/mol. The van der Waals surface area contributed by atoms with Crippen molar-refractivity contribution in [3.63, 3.8) is 0 Å². The summed E-state index contributed by atoms with van der Waals surface area (Å²) in [7, 11) is -3.68. The van der Waals surface area contributed by atoms with Crippen molar-refractivity contribution in [1.82, 2.24) is 5.32 Å². The van der Waals surface area contributed by atoms with Gasteiger partial charge in [0.1, 0.15) is 0 Å². The minimum Gasteiger partial charge on any atom is -0.397 e. The first kappa shape index (κ1) is 19.5. The van der Waals surface area contributed by atoms with Crippen LogP contribution in [0.2, 0.25) is 0 Å². The quantitative estimate of drug-likeness (QED) is 0.686. The van der Waals surface area contributed by atoms with Crippen LogP contribution in [-0.4, -0.2) is 34.6 Å². The fourth-order valence-electron chi connectivity index (χ4n) is 3.22. The predicted molar refractivity (Wildman–Crippen MR) is 112 cm³/mol. The molecule has 1 fully saturated rings. The van der Waals surface area contributed by atoms with Crippen LogP contribution in [0, 0.1) is 0 Å². The van der Waals surface area contributed by atoms with Crippen molar-refractivity contribution in [2.24, 2.45) is 0 Å². The first-order valence-electron chi connectivity index (χ1n) is 9.35. The molecule has 1 aliphatic rings. The van der Waals surface area contributed by atoms with Crippen LogP contribution in [0.25, 0.3) is 0 Å². The number of hydrogen-bond donors (Lipinski definition) is 3. The Hall–Kier alpha value is -2.25. The molecule has 0 bridgehead atoms. The molecule has 7 heteroatoms. The van der Waals surface area contributed by atoms with E-state index in [-0.39, 0.29) is 4.90 Å². The first-order valence-corrected chi connectivity index (χ1v) is 10.8. The summed E-state index contributed by atoms with van der Waals surface area (Å²) in [6, 6.07) is 12.4. The molecule has 1 saturated heterocycles. The lowest BCUT2D eigenvalue weighted by Gasteiger charge is -2.24. The van der Waals surface area contributed by atoms with Gasteiger partial charge in [0, 0.05) is 25.3 Å². The second-order valence-electron chi connectivity index (χ2n) is 7.19. The maximum Gasteiger partial charge on any atom is 0.261 e. The molecule has 2 aromatic carbocycles. The van der Waals surface area contributed by atoms with E-state index in [0.717, 1.165) is 38.3 Å². The first-order chi connectivity index (χ1) is 12.9. The van der Waals surface area contributed by atoms with Crippen molar-refractivity contribution in [1.29, 1.82) is 0 Å². The fourth-order valence-corrected chi connectivity index (χ4v) is 4.32. The number of benzene rings is 2. The number of nitrogens with one attached hydrogen (secondary N) is 2. The van der Waals surface area contributed by atoms with Gasteiger partial charge in [0.05, 0.1) is 16.3 Å². The molecule has 146 valence electrons. The molecule has 0 amide bonds. The Bertz CT molecular complexity index is 871. The van der Waals surface area contributed by atoms with Gasteiger partial charge in [-0.3, -0.25) is 4.72 Å². The van der Waals surface area contributed by atoms with Crippen molar-refractivity contribution >= 4 is 27.1 Å². The topological polar surface area (TPSA) is 87.5 Å². The van der Waals surface area contributed by atoms with Crippen LogP contribution in [0.5, 0.6) is 0 Å². The Labute approximate surface area is 161 Å². The lowest BCUT2D eigenvalue weighted by atomic mass is 10.0. The summed E-state index contributed by atoms with van der Waals surface area (Å²) in [5.41, 5.74) is 9.27. The van der Waals surface area contributed by atoms with E-state index in [1.54, 1.807) is 30.3 Å². The fraction of sp³-hybridized carbons (Fsp3) is 0.400. The Morgan fingerprint density at radius 1 is 1.07 bits per heavy atom. The van der Waals surface area contributed by atoms with Gasteiger partial charge in [0.2, 0.25) is 0 Å². The average Bonchev–Trinajstić information content (AvgIpc) is 2.91. The van der Waals surface area contributed by atoms with Gasteiger partial charge in [-0.05, 0) is 54.8 Å². The van der Waals surface area contributed by atoms with E-state index in [1.165, 1.54) is 5.56 Å². The van der Waals surface area contributed by atoms with E-state index in [1.807, 2.05) is 12.1 Å². The SMILES string of the molecule is CC(C)c1ccc(NS(=O)(=O)c2ccc(N3CCCNCC3)c(N)c2)cc1. The van der Waals surface area contributed by atoms with E-state index >= 15 is 0 Å². The zero-order valence-electron chi connectivity index (χ0n) is 15.9. The number of anilines is 3. The highest BCUT2D eigenvalue weighted by Gasteiger charge is 2.18. The predicted octanol–water partition coefficient (Wildman–Crippen LogP) is 2.99. The highest BCUT2D eigenvalue weighted by atomic mass is 32.2. The lowest BCUT2D eigenvalue weighted by molar-refractivity contribution is 0.601. The number of hydrogen-bond acceptors (Lipinski definition) is 5. The zero-order valence-corrected chi connectivity index (χ0v) is 16.7. The van der Waals surface area contributed by atoms with Gasteiger partial charge in [-0.1, -0.05) is 26.0 Å². The normalized spacial score (nSPS) is 15.6. The summed E-state index contributed by atoms with van der Waals surface area (Å²) in [5.74, 6) is 0.400.